The summed E-state index contributed by atoms with van der Waals surface area (Å²) in [5.41, 5.74) is 1.62. The molecule has 1 aliphatic rings. The maximum Gasteiger partial charge on any atom is 0.227 e. The Hall–Kier alpha value is -2.80. The Kier molecular flexibility index (Phi) is 6.36. The van der Waals surface area contributed by atoms with Crippen LogP contribution in [0.25, 0.3) is 0 Å². The summed E-state index contributed by atoms with van der Waals surface area (Å²) in [6.07, 6.45) is -0.0643. The summed E-state index contributed by atoms with van der Waals surface area (Å²) >= 11 is 0. The van der Waals surface area contributed by atoms with E-state index >= 15 is 0 Å². The van der Waals surface area contributed by atoms with Gasteiger partial charge in [0.25, 0.3) is 0 Å². The molecule has 2 aromatic carbocycles. The van der Waals surface area contributed by atoms with Crippen molar-refractivity contribution >= 4 is 5.91 Å². The Bertz CT molecular complexity index is 799. The van der Waals surface area contributed by atoms with Crippen molar-refractivity contribution in [1.29, 1.82) is 0 Å². The van der Waals surface area contributed by atoms with E-state index in [1.807, 2.05) is 0 Å². The third kappa shape index (κ3) is 4.36. The molecule has 1 unspecified atom stereocenters. The Morgan fingerprint density at radius 1 is 1.11 bits per heavy atom. The number of ether oxygens (including phenoxy) is 4. The van der Waals surface area contributed by atoms with Crippen LogP contribution in [0.4, 0.5) is 4.39 Å². The SMILES string of the molecule is COc1cc(CC(=O)N2CCOC(c3ccc(F)cc3)C2)cc(OC)c1OC. The molecule has 6 nitrogen and oxygen atoms in total. The molecule has 0 bridgehead atoms. The first kappa shape index (κ1) is 19.9. The average Bonchev–Trinajstić information content (AvgIpc) is 2.73. The average molecular weight is 389 g/mol. The van der Waals surface area contributed by atoms with Crippen molar-refractivity contribution in [2.45, 2.75) is 12.5 Å². The van der Waals surface area contributed by atoms with Crippen LogP contribution in [0.3, 0.4) is 0 Å². The lowest BCUT2D eigenvalue weighted by molar-refractivity contribution is -0.138. The molecule has 1 fully saturated rings. The molecule has 3 rings (SSSR count). The predicted octanol–water partition coefficient (Wildman–Crippen LogP) is 2.99. The highest BCUT2D eigenvalue weighted by Crippen LogP contribution is 2.38. The van der Waals surface area contributed by atoms with Crippen LogP contribution in [0.1, 0.15) is 17.2 Å². The van der Waals surface area contributed by atoms with Gasteiger partial charge in [-0.05, 0) is 35.4 Å². The lowest BCUT2D eigenvalue weighted by Gasteiger charge is -2.33. The van der Waals surface area contributed by atoms with E-state index in [0.29, 0.717) is 36.9 Å². The zero-order valence-electron chi connectivity index (χ0n) is 16.2. The van der Waals surface area contributed by atoms with E-state index in [1.54, 1.807) is 29.2 Å². The van der Waals surface area contributed by atoms with Gasteiger partial charge in [-0.25, -0.2) is 4.39 Å². The number of morpholine rings is 1. The van der Waals surface area contributed by atoms with Crippen LogP contribution in [0, 0.1) is 5.82 Å². The molecule has 1 heterocycles. The Balaban J connectivity index is 1.72. The van der Waals surface area contributed by atoms with E-state index in [-0.39, 0.29) is 24.2 Å². The third-order valence-electron chi connectivity index (χ3n) is 4.74. The molecule has 0 aromatic heterocycles. The summed E-state index contributed by atoms with van der Waals surface area (Å²) in [6, 6.07) is 9.72. The first-order valence-electron chi connectivity index (χ1n) is 8.99. The molecule has 150 valence electrons. The van der Waals surface area contributed by atoms with E-state index in [0.717, 1.165) is 11.1 Å². The third-order valence-corrected chi connectivity index (χ3v) is 4.74. The zero-order valence-corrected chi connectivity index (χ0v) is 16.2. The predicted molar refractivity (Wildman–Crippen MR) is 101 cm³/mol. The number of benzene rings is 2. The minimum Gasteiger partial charge on any atom is -0.493 e. The van der Waals surface area contributed by atoms with Crippen LogP contribution >= 0.6 is 0 Å². The molecule has 0 aliphatic carbocycles. The van der Waals surface area contributed by atoms with Gasteiger partial charge in [0, 0.05) is 6.54 Å². The van der Waals surface area contributed by atoms with Gasteiger partial charge in [0.15, 0.2) is 11.5 Å². The number of halogens is 1. The molecule has 0 N–H and O–H groups in total. The molecular weight excluding hydrogens is 365 g/mol. The second kappa shape index (κ2) is 8.93. The summed E-state index contributed by atoms with van der Waals surface area (Å²) in [6.45, 7) is 1.37. The van der Waals surface area contributed by atoms with Gasteiger partial charge >= 0.3 is 0 Å². The van der Waals surface area contributed by atoms with Gasteiger partial charge in [-0.3, -0.25) is 4.79 Å². The van der Waals surface area contributed by atoms with Crippen molar-refractivity contribution in [1.82, 2.24) is 4.90 Å². The molecule has 28 heavy (non-hydrogen) atoms. The molecule has 7 heteroatoms. The molecule has 2 aromatic rings. The van der Waals surface area contributed by atoms with Crippen LogP contribution in [0.2, 0.25) is 0 Å². The second-order valence-corrected chi connectivity index (χ2v) is 6.46. The number of hydrogen-bond donors (Lipinski definition) is 0. The van der Waals surface area contributed by atoms with E-state index < -0.39 is 0 Å². The number of amides is 1. The summed E-state index contributed by atoms with van der Waals surface area (Å²) in [4.78, 5) is 14.6. The number of nitrogens with zero attached hydrogens (tertiary/aromatic N) is 1. The summed E-state index contributed by atoms with van der Waals surface area (Å²) in [5, 5.41) is 0. The minimum atomic E-state index is -0.296. The van der Waals surface area contributed by atoms with Crippen molar-refractivity contribution in [3.8, 4) is 17.2 Å². The lowest BCUT2D eigenvalue weighted by Crippen LogP contribution is -2.43. The largest absolute Gasteiger partial charge is 0.493 e. The van der Waals surface area contributed by atoms with Gasteiger partial charge in [0.1, 0.15) is 11.9 Å². The minimum absolute atomic E-state index is 0.0234. The fourth-order valence-corrected chi connectivity index (χ4v) is 3.28. The highest BCUT2D eigenvalue weighted by atomic mass is 19.1. The van der Waals surface area contributed by atoms with E-state index in [9.17, 15) is 9.18 Å². The number of methoxy groups -OCH3 is 3. The topological polar surface area (TPSA) is 57.2 Å². The van der Waals surface area contributed by atoms with Crippen LogP contribution in [0.5, 0.6) is 17.2 Å². The van der Waals surface area contributed by atoms with Gasteiger partial charge in [-0.2, -0.15) is 0 Å². The second-order valence-electron chi connectivity index (χ2n) is 6.46. The molecule has 1 atom stereocenters. The number of carbonyl (C=O) groups is 1. The quantitative estimate of drug-likeness (QED) is 0.760. The molecule has 1 amide bonds. The fourth-order valence-electron chi connectivity index (χ4n) is 3.28. The van der Waals surface area contributed by atoms with Crippen LogP contribution < -0.4 is 14.2 Å². The van der Waals surface area contributed by atoms with Crippen molar-refractivity contribution in [2.24, 2.45) is 0 Å². The summed E-state index contributed by atoms with van der Waals surface area (Å²) < 4.78 is 34.9. The Morgan fingerprint density at radius 3 is 2.32 bits per heavy atom. The molecule has 0 saturated carbocycles. The first-order chi connectivity index (χ1) is 13.5. The Morgan fingerprint density at radius 2 is 1.75 bits per heavy atom. The van der Waals surface area contributed by atoms with Gasteiger partial charge < -0.3 is 23.8 Å². The highest BCUT2D eigenvalue weighted by molar-refractivity contribution is 5.79. The van der Waals surface area contributed by atoms with Crippen LogP contribution in [-0.2, 0) is 16.0 Å². The van der Waals surface area contributed by atoms with E-state index in [4.69, 9.17) is 18.9 Å². The van der Waals surface area contributed by atoms with Crippen molar-refractivity contribution in [3.05, 3.63) is 53.3 Å². The van der Waals surface area contributed by atoms with Crippen LogP contribution in [-0.4, -0.2) is 51.8 Å². The molecule has 1 saturated heterocycles. The number of rotatable bonds is 6. The maximum absolute atomic E-state index is 13.1. The van der Waals surface area contributed by atoms with Crippen molar-refractivity contribution in [2.75, 3.05) is 41.0 Å². The normalized spacial score (nSPS) is 16.6. The maximum atomic E-state index is 13.1. The summed E-state index contributed by atoms with van der Waals surface area (Å²) in [7, 11) is 4.62. The molecule has 0 radical (unpaired) electrons. The highest BCUT2D eigenvalue weighted by Gasteiger charge is 2.26. The van der Waals surface area contributed by atoms with E-state index in [2.05, 4.69) is 0 Å². The monoisotopic (exact) mass is 389 g/mol. The summed E-state index contributed by atoms with van der Waals surface area (Å²) in [5.74, 6) is 1.19. The smallest absolute Gasteiger partial charge is 0.227 e. The van der Waals surface area contributed by atoms with E-state index in [1.165, 1.54) is 33.5 Å². The molecule has 0 spiro atoms. The number of carbonyl (C=O) groups excluding carboxylic acids is 1. The zero-order chi connectivity index (χ0) is 20.1. The van der Waals surface area contributed by atoms with Crippen molar-refractivity contribution < 1.29 is 28.1 Å². The van der Waals surface area contributed by atoms with Gasteiger partial charge in [-0.15, -0.1) is 0 Å². The van der Waals surface area contributed by atoms with Crippen LogP contribution in [0.15, 0.2) is 36.4 Å². The first-order valence-corrected chi connectivity index (χ1v) is 8.99. The van der Waals surface area contributed by atoms with Gasteiger partial charge in [0.05, 0.1) is 40.9 Å². The molecule has 1 aliphatic heterocycles. The number of hydrogen-bond acceptors (Lipinski definition) is 5. The molecular formula is C21H24FNO5. The Labute approximate surface area is 163 Å². The van der Waals surface area contributed by atoms with Gasteiger partial charge in [-0.1, -0.05) is 12.1 Å². The fraction of sp³-hybridized carbons (Fsp3) is 0.381. The lowest BCUT2D eigenvalue weighted by atomic mass is 10.1. The van der Waals surface area contributed by atoms with Crippen molar-refractivity contribution in [3.63, 3.8) is 0 Å². The van der Waals surface area contributed by atoms with Gasteiger partial charge in [0.2, 0.25) is 11.7 Å². The standard InChI is InChI=1S/C21H24FNO5/c1-25-17-10-14(11-18(26-2)21(17)27-3)12-20(24)23-8-9-28-19(13-23)15-4-6-16(22)7-5-15/h4-7,10-11,19H,8-9,12-13H2,1-3H3.